The van der Waals surface area contributed by atoms with Crippen molar-refractivity contribution in [2.75, 3.05) is 5.75 Å². The largest absolute Gasteiger partial charge is 0.480 e. The predicted molar refractivity (Wildman–Crippen MR) is 68.8 cm³/mol. The van der Waals surface area contributed by atoms with Gasteiger partial charge in [0.1, 0.15) is 5.25 Å². The second kappa shape index (κ2) is 7.34. The maximum atomic E-state index is 11.1. The van der Waals surface area contributed by atoms with E-state index in [-0.39, 0.29) is 0 Å². The van der Waals surface area contributed by atoms with Crippen molar-refractivity contribution in [3.63, 3.8) is 0 Å². The van der Waals surface area contributed by atoms with Gasteiger partial charge in [-0.3, -0.25) is 4.79 Å². The van der Waals surface area contributed by atoms with E-state index >= 15 is 0 Å². The van der Waals surface area contributed by atoms with Gasteiger partial charge in [0.15, 0.2) is 0 Å². The standard InChI is InChI=1S/C13H18O2S/c1-2-3-7-10-16-12(13(14)15)11-8-5-4-6-9-11/h4-6,8-9,12H,2-3,7,10H2,1H3,(H,14,15). The van der Waals surface area contributed by atoms with Gasteiger partial charge in [0, 0.05) is 0 Å². The van der Waals surface area contributed by atoms with E-state index in [2.05, 4.69) is 6.92 Å². The van der Waals surface area contributed by atoms with Gasteiger partial charge in [0.05, 0.1) is 0 Å². The third-order valence-electron chi connectivity index (χ3n) is 2.36. The van der Waals surface area contributed by atoms with Gasteiger partial charge in [0.2, 0.25) is 0 Å². The molecule has 1 rings (SSSR count). The average Bonchev–Trinajstić information content (AvgIpc) is 2.30. The maximum absolute atomic E-state index is 11.1. The summed E-state index contributed by atoms with van der Waals surface area (Å²) in [6.45, 7) is 2.15. The van der Waals surface area contributed by atoms with Crippen molar-refractivity contribution < 1.29 is 9.90 Å². The van der Waals surface area contributed by atoms with Gasteiger partial charge in [-0.1, -0.05) is 50.1 Å². The number of benzene rings is 1. The summed E-state index contributed by atoms with van der Waals surface area (Å²) in [5, 5.41) is 8.74. The van der Waals surface area contributed by atoms with E-state index in [1.165, 1.54) is 24.6 Å². The number of rotatable bonds is 7. The van der Waals surface area contributed by atoms with Crippen LogP contribution in [0.4, 0.5) is 0 Å². The summed E-state index contributed by atoms with van der Waals surface area (Å²) in [6.07, 6.45) is 3.44. The van der Waals surface area contributed by atoms with E-state index in [0.717, 1.165) is 17.7 Å². The second-order valence-electron chi connectivity index (χ2n) is 3.71. The summed E-state index contributed by atoms with van der Waals surface area (Å²) in [5.74, 6) is 0.173. The highest BCUT2D eigenvalue weighted by atomic mass is 32.2. The molecule has 0 aliphatic rings. The number of thioether (sulfide) groups is 1. The molecule has 88 valence electrons. The molecule has 0 aliphatic heterocycles. The van der Waals surface area contributed by atoms with Crippen molar-refractivity contribution in [2.45, 2.75) is 31.4 Å². The van der Waals surface area contributed by atoms with Crippen molar-refractivity contribution in [3.05, 3.63) is 35.9 Å². The quantitative estimate of drug-likeness (QED) is 0.735. The average molecular weight is 238 g/mol. The summed E-state index contributed by atoms with van der Waals surface area (Å²) in [5.41, 5.74) is 0.886. The Morgan fingerprint density at radius 1 is 1.31 bits per heavy atom. The molecule has 1 N–H and O–H groups in total. The minimum atomic E-state index is -0.743. The van der Waals surface area contributed by atoms with Gasteiger partial charge in [0.25, 0.3) is 0 Å². The Morgan fingerprint density at radius 3 is 2.56 bits per heavy atom. The lowest BCUT2D eigenvalue weighted by Crippen LogP contribution is -2.08. The molecule has 0 fully saturated rings. The lowest BCUT2D eigenvalue weighted by atomic mass is 10.1. The molecule has 0 heterocycles. The molecule has 1 atom stereocenters. The van der Waals surface area contributed by atoms with E-state index in [1.807, 2.05) is 30.3 Å². The van der Waals surface area contributed by atoms with Crippen molar-refractivity contribution in [3.8, 4) is 0 Å². The molecule has 1 aromatic rings. The zero-order valence-electron chi connectivity index (χ0n) is 9.56. The summed E-state index contributed by atoms with van der Waals surface area (Å²) in [6, 6.07) is 9.44. The zero-order valence-corrected chi connectivity index (χ0v) is 10.4. The lowest BCUT2D eigenvalue weighted by Gasteiger charge is -2.11. The maximum Gasteiger partial charge on any atom is 0.321 e. The SMILES string of the molecule is CCCCCSC(C(=O)O)c1ccccc1. The van der Waals surface area contributed by atoms with Crippen LogP contribution in [0.2, 0.25) is 0 Å². The van der Waals surface area contributed by atoms with Crippen LogP contribution in [0.25, 0.3) is 0 Å². The minimum absolute atomic E-state index is 0.418. The van der Waals surface area contributed by atoms with E-state index < -0.39 is 11.2 Å². The van der Waals surface area contributed by atoms with E-state index in [9.17, 15) is 4.79 Å². The number of unbranched alkanes of at least 4 members (excludes halogenated alkanes) is 2. The number of aliphatic carboxylic acids is 1. The monoisotopic (exact) mass is 238 g/mol. The number of hydrogen-bond donors (Lipinski definition) is 1. The molecule has 2 nitrogen and oxygen atoms in total. The first-order valence-electron chi connectivity index (χ1n) is 5.65. The van der Waals surface area contributed by atoms with Crippen molar-refractivity contribution >= 4 is 17.7 Å². The molecule has 1 unspecified atom stereocenters. The van der Waals surface area contributed by atoms with Crippen LogP contribution in [0.3, 0.4) is 0 Å². The summed E-state index contributed by atoms with van der Waals surface area (Å²) in [4.78, 5) is 11.1. The molecule has 0 saturated heterocycles. The molecule has 3 heteroatoms. The van der Waals surface area contributed by atoms with Crippen LogP contribution in [0.15, 0.2) is 30.3 Å². The highest BCUT2D eigenvalue weighted by Gasteiger charge is 2.19. The fraction of sp³-hybridized carbons (Fsp3) is 0.462. The lowest BCUT2D eigenvalue weighted by molar-refractivity contribution is -0.136. The molecule has 0 bridgehead atoms. The Balaban J connectivity index is 2.52. The summed E-state index contributed by atoms with van der Waals surface area (Å²) >= 11 is 1.52. The number of carboxylic acid groups (broad SMARTS) is 1. The molecule has 0 aromatic heterocycles. The van der Waals surface area contributed by atoms with E-state index in [1.54, 1.807) is 0 Å². The highest BCUT2D eigenvalue weighted by molar-refractivity contribution is 8.00. The van der Waals surface area contributed by atoms with Crippen LogP contribution in [-0.2, 0) is 4.79 Å². The number of carboxylic acids is 1. The van der Waals surface area contributed by atoms with Gasteiger partial charge >= 0.3 is 5.97 Å². The van der Waals surface area contributed by atoms with Crippen LogP contribution < -0.4 is 0 Å². The van der Waals surface area contributed by atoms with Crippen LogP contribution >= 0.6 is 11.8 Å². The zero-order chi connectivity index (χ0) is 11.8. The fourth-order valence-corrected chi connectivity index (χ4v) is 2.59. The van der Waals surface area contributed by atoms with Gasteiger partial charge in [-0.15, -0.1) is 11.8 Å². The molecule has 0 spiro atoms. The van der Waals surface area contributed by atoms with Crippen LogP contribution in [0, 0.1) is 0 Å². The van der Waals surface area contributed by atoms with Crippen molar-refractivity contribution in [1.29, 1.82) is 0 Å². The Labute approximate surface area is 101 Å². The molecule has 16 heavy (non-hydrogen) atoms. The molecular formula is C13H18O2S. The predicted octanol–water partition coefficient (Wildman–Crippen LogP) is 3.74. The van der Waals surface area contributed by atoms with E-state index in [0.29, 0.717) is 0 Å². The molecule has 0 amide bonds. The fourth-order valence-electron chi connectivity index (χ4n) is 1.49. The van der Waals surface area contributed by atoms with Gasteiger partial charge in [-0.05, 0) is 17.7 Å². The van der Waals surface area contributed by atoms with Crippen molar-refractivity contribution in [1.82, 2.24) is 0 Å². The third-order valence-corrected chi connectivity index (χ3v) is 3.69. The molecule has 0 radical (unpaired) electrons. The Morgan fingerprint density at radius 2 is 2.00 bits per heavy atom. The minimum Gasteiger partial charge on any atom is -0.480 e. The first-order chi connectivity index (χ1) is 7.75. The molecule has 0 aliphatic carbocycles. The highest BCUT2D eigenvalue weighted by Crippen LogP contribution is 2.29. The Hall–Kier alpha value is -0.960. The van der Waals surface area contributed by atoms with E-state index in [4.69, 9.17) is 5.11 Å². The van der Waals surface area contributed by atoms with Gasteiger partial charge < -0.3 is 5.11 Å². The summed E-state index contributed by atoms with van der Waals surface area (Å²) in [7, 11) is 0. The second-order valence-corrected chi connectivity index (χ2v) is 4.92. The number of hydrogen-bond acceptors (Lipinski definition) is 2. The third kappa shape index (κ3) is 4.27. The van der Waals surface area contributed by atoms with Gasteiger partial charge in [-0.25, -0.2) is 0 Å². The first kappa shape index (κ1) is 13.1. The topological polar surface area (TPSA) is 37.3 Å². The van der Waals surface area contributed by atoms with Gasteiger partial charge in [-0.2, -0.15) is 0 Å². The Bertz CT molecular complexity index is 311. The molecular weight excluding hydrogens is 220 g/mol. The van der Waals surface area contributed by atoms with Crippen LogP contribution in [0.1, 0.15) is 37.0 Å². The normalized spacial score (nSPS) is 12.3. The molecule has 0 saturated carbocycles. The molecule has 1 aromatic carbocycles. The van der Waals surface area contributed by atoms with Crippen LogP contribution in [-0.4, -0.2) is 16.8 Å². The van der Waals surface area contributed by atoms with Crippen molar-refractivity contribution in [2.24, 2.45) is 0 Å². The first-order valence-corrected chi connectivity index (χ1v) is 6.70. The summed E-state index contributed by atoms with van der Waals surface area (Å²) < 4.78 is 0. The smallest absolute Gasteiger partial charge is 0.321 e. The Kier molecular flexibility index (Phi) is 6.01. The number of carbonyl (C=O) groups is 1. The van der Waals surface area contributed by atoms with Crippen LogP contribution in [0.5, 0.6) is 0 Å².